The molecule has 3 aliphatic rings. The third-order valence-electron chi connectivity index (χ3n) is 9.02. The Labute approximate surface area is 285 Å². The van der Waals surface area contributed by atoms with Gasteiger partial charge in [0.05, 0.1) is 39.5 Å². The van der Waals surface area contributed by atoms with E-state index in [1.165, 1.54) is 20.3 Å². The van der Waals surface area contributed by atoms with Gasteiger partial charge in [-0.1, -0.05) is 18.4 Å². The standard InChI is InChI=1S/C32H31F3NO7.Ce/c1-13-7-6-8-14(18-11-21(37)26-24(23(13)18)25(31(39)43-5)30(36-26)32(33,34)35)27(38)19-10-20-17(15-9-16(15)19)12-22(40-2)29(42-4)28(20)41-3;/h10-16,36-37H,1,6-9H2,2-5H3;/q-1;. The first-order valence-electron chi connectivity index (χ1n) is 13.9. The maximum absolute atomic E-state index is 14.4. The monoisotopic (exact) mass is 738 g/mol. The maximum Gasteiger partial charge on any atom is 0.432 e. The fourth-order valence-corrected chi connectivity index (χ4v) is 7.04. The number of halogens is 3. The van der Waals surface area contributed by atoms with E-state index >= 15 is 0 Å². The molecule has 232 valence electrons. The van der Waals surface area contributed by atoms with Crippen LogP contribution in [0.4, 0.5) is 13.2 Å². The number of hydrogen-bond acceptors (Lipinski definition) is 7. The fourth-order valence-electron chi connectivity index (χ4n) is 7.04. The van der Waals surface area contributed by atoms with Crippen molar-refractivity contribution in [2.45, 2.75) is 49.6 Å². The number of ether oxygens (including phenoxy) is 4. The predicted octanol–water partition coefficient (Wildman–Crippen LogP) is 6.66. The molecule has 1 saturated carbocycles. The predicted molar refractivity (Wildman–Crippen MR) is 151 cm³/mol. The maximum atomic E-state index is 14.4. The molecule has 4 atom stereocenters. The van der Waals surface area contributed by atoms with Crippen LogP contribution in [-0.2, 0) is 15.7 Å². The number of benzene rings is 2. The van der Waals surface area contributed by atoms with Gasteiger partial charge in [-0.15, -0.1) is 5.92 Å². The number of aromatic nitrogens is 1. The number of hydrogen-bond donors (Lipinski definition) is 2. The zero-order chi connectivity index (χ0) is 31.0. The molecular formula is C32H31CeF3NO7-. The van der Waals surface area contributed by atoms with Crippen LogP contribution in [0.15, 0.2) is 17.7 Å². The molecule has 8 nitrogen and oxygen atoms in total. The van der Waals surface area contributed by atoms with Gasteiger partial charge in [-0.25, -0.2) is 4.79 Å². The molecule has 1 fully saturated rings. The number of carbonyl (C=O) groups is 2. The van der Waals surface area contributed by atoms with Crippen molar-refractivity contribution in [1.29, 1.82) is 0 Å². The first-order valence-corrected chi connectivity index (χ1v) is 13.9. The molecule has 2 N–H and O–H groups in total. The van der Waals surface area contributed by atoms with E-state index < -0.39 is 41.0 Å². The summed E-state index contributed by atoms with van der Waals surface area (Å²) in [6.45, 7) is 4.20. The average Bonchev–Trinajstić information content (AvgIpc) is 3.71. The van der Waals surface area contributed by atoms with Crippen molar-refractivity contribution in [2.24, 2.45) is 5.92 Å². The molecule has 1 heterocycles. The normalized spacial score (nSPS) is 22.0. The summed E-state index contributed by atoms with van der Waals surface area (Å²) in [7, 11) is 5.56. The van der Waals surface area contributed by atoms with E-state index in [1.807, 2.05) is 12.1 Å². The van der Waals surface area contributed by atoms with Crippen molar-refractivity contribution in [3.63, 3.8) is 0 Å². The smallest absolute Gasteiger partial charge is 0.432 e. The topological polar surface area (TPSA) is 107 Å². The number of phenolic OH excluding ortho intramolecular Hbond substituents is 1. The SMILES string of the molecule is [CH2-]C1CCCC(C(=O)C2=Cc3c(cc(OC)c(OC)c3OC)C3CC23)c2cc(O)c3[nH]c(C(F)(F)F)c(C(=O)OC)c3c21.[Ce]. The van der Waals surface area contributed by atoms with E-state index in [1.54, 1.807) is 7.11 Å². The zero-order valence-electron chi connectivity index (χ0n) is 24.6. The van der Waals surface area contributed by atoms with Crippen LogP contribution in [-0.4, -0.2) is 50.3 Å². The molecule has 0 amide bonds. The van der Waals surface area contributed by atoms with Crippen LogP contribution in [0.3, 0.4) is 0 Å². The van der Waals surface area contributed by atoms with Gasteiger partial charge in [0.15, 0.2) is 17.3 Å². The second kappa shape index (κ2) is 11.9. The summed E-state index contributed by atoms with van der Waals surface area (Å²) in [5.41, 5.74) is 0.713. The van der Waals surface area contributed by atoms with E-state index in [4.69, 9.17) is 18.9 Å². The molecule has 12 heteroatoms. The summed E-state index contributed by atoms with van der Waals surface area (Å²) in [5, 5.41) is 10.9. The van der Waals surface area contributed by atoms with Gasteiger partial charge in [-0.2, -0.15) is 13.2 Å². The number of ketones is 1. The number of esters is 1. The number of carbonyl (C=O) groups excluding carboxylic acids is 2. The third kappa shape index (κ3) is 4.99. The van der Waals surface area contributed by atoms with Gasteiger partial charge in [-0.05, 0) is 54.0 Å². The summed E-state index contributed by atoms with van der Waals surface area (Å²) in [5.74, 6) is -1.79. The number of aromatic amines is 1. The number of alkyl halides is 3. The molecular weight excluding hydrogens is 707 g/mol. The van der Waals surface area contributed by atoms with Gasteiger partial charge in [0, 0.05) is 64.2 Å². The van der Waals surface area contributed by atoms with Crippen molar-refractivity contribution in [3.05, 3.63) is 58.1 Å². The van der Waals surface area contributed by atoms with E-state index in [2.05, 4.69) is 11.9 Å². The minimum atomic E-state index is -4.93. The van der Waals surface area contributed by atoms with Crippen molar-refractivity contribution >= 4 is 28.7 Å². The summed E-state index contributed by atoms with van der Waals surface area (Å²) >= 11 is 0. The van der Waals surface area contributed by atoms with Crippen LogP contribution < -0.4 is 14.2 Å². The first-order chi connectivity index (χ1) is 20.5. The molecule has 44 heavy (non-hydrogen) atoms. The molecule has 6 rings (SSSR count). The van der Waals surface area contributed by atoms with Gasteiger partial charge in [0.1, 0.15) is 11.4 Å². The molecule has 0 aliphatic heterocycles. The molecule has 1 aromatic heterocycles. The number of allylic oxidation sites excluding steroid dienone is 1. The van der Waals surface area contributed by atoms with E-state index in [-0.39, 0.29) is 70.3 Å². The second-order valence-corrected chi connectivity index (χ2v) is 11.3. The molecule has 2 aromatic carbocycles. The van der Waals surface area contributed by atoms with Crippen LogP contribution >= 0.6 is 0 Å². The van der Waals surface area contributed by atoms with Crippen molar-refractivity contribution < 1.29 is 88.6 Å². The van der Waals surface area contributed by atoms with Crippen LogP contribution in [0.25, 0.3) is 17.0 Å². The Morgan fingerprint density at radius 1 is 1.00 bits per heavy atom. The third-order valence-corrected chi connectivity index (χ3v) is 9.02. The molecule has 4 unspecified atom stereocenters. The largest absolute Gasteiger partial charge is 0.506 e. The van der Waals surface area contributed by atoms with Crippen molar-refractivity contribution in [3.8, 4) is 23.0 Å². The van der Waals surface area contributed by atoms with Gasteiger partial charge in [-0.3, -0.25) is 4.79 Å². The molecule has 3 aromatic rings. The molecule has 0 bridgehead atoms. The summed E-state index contributed by atoms with van der Waals surface area (Å²) in [6.07, 6.45) is -0.930. The molecule has 0 spiro atoms. The number of H-pyrrole nitrogens is 1. The number of fused-ring (bicyclic) bond motifs is 6. The first kappa shape index (κ1) is 32.6. The number of aromatic hydroxyl groups is 1. The minimum Gasteiger partial charge on any atom is -0.506 e. The van der Waals surface area contributed by atoms with Gasteiger partial charge >= 0.3 is 12.1 Å². The Bertz CT molecular complexity index is 1710. The van der Waals surface area contributed by atoms with Crippen LogP contribution in [0, 0.1) is 54.6 Å². The number of nitrogens with one attached hydrogen (secondary N) is 1. The number of methoxy groups -OCH3 is 4. The van der Waals surface area contributed by atoms with Crippen molar-refractivity contribution in [2.75, 3.05) is 28.4 Å². The zero-order valence-corrected chi connectivity index (χ0v) is 27.7. The number of rotatable bonds is 6. The van der Waals surface area contributed by atoms with Gasteiger partial charge < -0.3 is 36.0 Å². The van der Waals surface area contributed by atoms with Gasteiger partial charge in [0.2, 0.25) is 5.75 Å². The van der Waals surface area contributed by atoms with E-state index in [9.17, 15) is 27.9 Å². The Hall–Kier alpha value is -2.77. The van der Waals surface area contributed by atoms with Crippen LogP contribution in [0.1, 0.15) is 81.7 Å². The second-order valence-electron chi connectivity index (χ2n) is 11.3. The molecule has 0 saturated heterocycles. The van der Waals surface area contributed by atoms with E-state index in [0.29, 0.717) is 53.2 Å². The number of phenols is 1. The summed E-state index contributed by atoms with van der Waals surface area (Å²) in [4.78, 5) is 29.4. The summed E-state index contributed by atoms with van der Waals surface area (Å²) < 4.78 is 63.8. The Morgan fingerprint density at radius 3 is 2.32 bits per heavy atom. The Morgan fingerprint density at radius 2 is 1.70 bits per heavy atom. The van der Waals surface area contributed by atoms with Crippen molar-refractivity contribution in [1.82, 2.24) is 4.98 Å². The Balaban J connectivity index is 0.00000384. The molecule has 3 aliphatic carbocycles. The molecule has 0 radical (unpaired) electrons. The van der Waals surface area contributed by atoms with Crippen LogP contribution in [0.2, 0.25) is 0 Å². The fraction of sp³-hybridized carbons (Fsp3) is 0.406. The van der Waals surface area contributed by atoms with Gasteiger partial charge in [0.25, 0.3) is 0 Å². The average molecular weight is 739 g/mol. The quantitative estimate of drug-likeness (QED) is 0.166. The van der Waals surface area contributed by atoms with E-state index in [0.717, 1.165) is 24.7 Å². The summed E-state index contributed by atoms with van der Waals surface area (Å²) in [6, 6.07) is 3.25. The minimum absolute atomic E-state index is 0. The number of Topliss-reactive ketones (excluding diaryl/α,β-unsaturated/α-hetero) is 1. The Kier molecular flexibility index (Phi) is 8.80. The van der Waals surface area contributed by atoms with Crippen LogP contribution in [0.5, 0.6) is 23.0 Å².